The Kier molecular flexibility index (Phi) is 9.66. The zero-order valence-corrected chi connectivity index (χ0v) is 16.2. The molecule has 0 heterocycles. The van der Waals surface area contributed by atoms with E-state index < -0.39 is 0 Å². The van der Waals surface area contributed by atoms with Crippen molar-refractivity contribution < 1.29 is 0 Å². The molecule has 2 nitrogen and oxygen atoms in total. The smallest absolute Gasteiger partial charge is 0.00697 e. The van der Waals surface area contributed by atoms with Crippen molar-refractivity contribution >= 4 is 0 Å². The predicted molar refractivity (Wildman–Crippen MR) is 99.4 cm³/mol. The van der Waals surface area contributed by atoms with Gasteiger partial charge in [0.05, 0.1) is 0 Å². The Labute approximate surface area is 140 Å². The van der Waals surface area contributed by atoms with Crippen molar-refractivity contribution in [3.63, 3.8) is 0 Å². The van der Waals surface area contributed by atoms with E-state index in [4.69, 9.17) is 0 Å². The first-order valence-corrected chi connectivity index (χ1v) is 9.88. The number of nitrogens with one attached hydrogen (secondary N) is 1. The average Bonchev–Trinajstić information content (AvgIpc) is 2.51. The first-order chi connectivity index (χ1) is 10.4. The van der Waals surface area contributed by atoms with Gasteiger partial charge in [0.1, 0.15) is 0 Å². The molecule has 2 unspecified atom stereocenters. The molecule has 1 fully saturated rings. The fraction of sp³-hybridized carbons (Fsp3) is 1.00. The second kappa shape index (κ2) is 10.6. The molecule has 0 aromatic rings. The van der Waals surface area contributed by atoms with E-state index in [1.807, 2.05) is 0 Å². The van der Waals surface area contributed by atoms with Gasteiger partial charge in [0.25, 0.3) is 0 Å². The van der Waals surface area contributed by atoms with E-state index in [-0.39, 0.29) is 0 Å². The highest BCUT2D eigenvalue weighted by atomic mass is 15.1. The highest BCUT2D eigenvalue weighted by Gasteiger charge is 2.21. The van der Waals surface area contributed by atoms with E-state index in [1.165, 1.54) is 57.9 Å². The van der Waals surface area contributed by atoms with Crippen LogP contribution in [-0.2, 0) is 0 Å². The molecule has 2 atom stereocenters. The molecule has 132 valence electrons. The lowest BCUT2D eigenvalue weighted by atomic mass is 9.84. The van der Waals surface area contributed by atoms with Crippen molar-refractivity contribution in [2.45, 2.75) is 104 Å². The van der Waals surface area contributed by atoms with Gasteiger partial charge in [-0.15, -0.1) is 0 Å². The standard InChI is InChI=1S/C20H42N2/c1-7-19-10-12-20(13-11-19)21-18(5)9-8-17(4)14-15-22(6)16(2)3/h16-21H,7-15H2,1-6H3. The second-order valence-electron chi connectivity index (χ2n) is 8.24. The van der Waals surface area contributed by atoms with Crippen molar-refractivity contribution in [3.8, 4) is 0 Å². The minimum Gasteiger partial charge on any atom is -0.312 e. The third kappa shape index (κ3) is 7.97. The maximum Gasteiger partial charge on any atom is 0.00697 e. The summed E-state index contributed by atoms with van der Waals surface area (Å²) in [6, 6.07) is 2.15. The van der Waals surface area contributed by atoms with Crippen LogP contribution in [0.5, 0.6) is 0 Å². The van der Waals surface area contributed by atoms with Crippen LogP contribution in [0, 0.1) is 11.8 Å². The van der Waals surface area contributed by atoms with Gasteiger partial charge in [-0.05, 0) is 91.1 Å². The van der Waals surface area contributed by atoms with Crippen LogP contribution in [0.15, 0.2) is 0 Å². The Morgan fingerprint density at radius 2 is 1.59 bits per heavy atom. The molecule has 0 aromatic carbocycles. The zero-order chi connectivity index (χ0) is 16.5. The molecule has 1 rings (SSSR count). The van der Waals surface area contributed by atoms with Crippen LogP contribution in [0.2, 0.25) is 0 Å². The minimum atomic E-state index is 0.672. The van der Waals surface area contributed by atoms with Crippen LogP contribution in [0.1, 0.15) is 86.0 Å². The Balaban J connectivity index is 2.11. The number of hydrogen-bond donors (Lipinski definition) is 1. The number of hydrogen-bond acceptors (Lipinski definition) is 2. The van der Waals surface area contributed by atoms with E-state index >= 15 is 0 Å². The summed E-state index contributed by atoms with van der Waals surface area (Å²) in [7, 11) is 2.24. The summed E-state index contributed by atoms with van der Waals surface area (Å²) in [5.41, 5.74) is 0. The second-order valence-corrected chi connectivity index (χ2v) is 8.24. The highest BCUT2D eigenvalue weighted by Crippen LogP contribution is 2.27. The van der Waals surface area contributed by atoms with Crippen molar-refractivity contribution in [2.24, 2.45) is 11.8 Å². The van der Waals surface area contributed by atoms with Gasteiger partial charge in [-0.2, -0.15) is 0 Å². The van der Waals surface area contributed by atoms with E-state index in [9.17, 15) is 0 Å². The normalized spacial score (nSPS) is 25.6. The predicted octanol–water partition coefficient (Wildman–Crippen LogP) is 5.08. The molecule has 22 heavy (non-hydrogen) atoms. The van der Waals surface area contributed by atoms with Crippen LogP contribution >= 0.6 is 0 Å². The molecule has 1 aliphatic carbocycles. The number of nitrogens with zero attached hydrogens (tertiary/aromatic N) is 1. The van der Waals surface area contributed by atoms with Crippen LogP contribution < -0.4 is 5.32 Å². The Morgan fingerprint density at radius 1 is 0.955 bits per heavy atom. The van der Waals surface area contributed by atoms with Gasteiger partial charge in [-0.3, -0.25) is 0 Å². The molecule has 1 aliphatic rings. The molecule has 0 aromatic heterocycles. The van der Waals surface area contributed by atoms with E-state index in [0.29, 0.717) is 12.1 Å². The quantitative estimate of drug-likeness (QED) is 0.605. The van der Waals surface area contributed by atoms with Gasteiger partial charge in [0.15, 0.2) is 0 Å². The van der Waals surface area contributed by atoms with Crippen LogP contribution in [0.4, 0.5) is 0 Å². The summed E-state index contributed by atoms with van der Waals surface area (Å²) in [4.78, 5) is 2.46. The lowest BCUT2D eigenvalue weighted by Gasteiger charge is -2.31. The van der Waals surface area contributed by atoms with Crippen LogP contribution in [-0.4, -0.2) is 36.6 Å². The van der Waals surface area contributed by atoms with Gasteiger partial charge in [-0.1, -0.05) is 20.3 Å². The first-order valence-electron chi connectivity index (χ1n) is 9.88. The van der Waals surface area contributed by atoms with Crippen molar-refractivity contribution in [3.05, 3.63) is 0 Å². The third-order valence-electron chi connectivity index (χ3n) is 5.89. The van der Waals surface area contributed by atoms with Crippen molar-refractivity contribution in [1.82, 2.24) is 10.2 Å². The largest absolute Gasteiger partial charge is 0.312 e. The Hall–Kier alpha value is -0.0800. The number of rotatable bonds is 10. The molecule has 0 saturated heterocycles. The first kappa shape index (κ1) is 20.0. The molecule has 0 radical (unpaired) electrons. The van der Waals surface area contributed by atoms with Gasteiger partial charge < -0.3 is 10.2 Å². The molecule has 2 heteroatoms. The van der Waals surface area contributed by atoms with Crippen LogP contribution in [0.3, 0.4) is 0 Å². The summed E-state index contributed by atoms with van der Waals surface area (Å²) in [6.45, 7) is 13.0. The topological polar surface area (TPSA) is 15.3 Å². The molecular formula is C20H42N2. The summed E-state index contributed by atoms with van der Waals surface area (Å²) in [6.07, 6.45) is 11.1. The van der Waals surface area contributed by atoms with Gasteiger partial charge in [0, 0.05) is 18.1 Å². The maximum atomic E-state index is 3.89. The van der Waals surface area contributed by atoms with Crippen LogP contribution in [0.25, 0.3) is 0 Å². The average molecular weight is 311 g/mol. The van der Waals surface area contributed by atoms with E-state index in [0.717, 1.165) is 17.9 Å². The molecule has 1 saturated carbocycles. The lowest BCUT2D eigenvalue weighted by Crippen LogP contribution is -2.39. The molecule has 0 bridgehead atoms. The van der Waals surface area contributed by atoms with Crippen molar-refractivity contribution in [2.75, 3.05) is 13.6 Å². The lowest BCUT2D eigenvalue weighted by molar-refractivity contribution is 0.243. The SMILES string of the molecule is CCC1CCC(NC(C)CCC(C)CCN(C)C(C)C)CC1. The fourth-order valence-corrected chi connectivity index (χ4v) is 3.58. The molecule has 1 N–H and O–H groups in total. The van der Waals surface area contributed by atoms with Crippen molar-refractivity contribution in [1.29, 1.82) is 0 Å². The maximum absolute atomic E-state index is 3.89. The Morgan fingerprint density at radius 3 is 2.14 bits per heavy atom. The summed E-state index contributed by atoms with van der Waals surface area (Å²) < 4.78 is 0. The molecule has 0 spiro atoms. The zero-order valence-electron chi connectivity index (χ0n) is 16.2. The summed E-state index contributed by atoms with van der Waals surface area (Å²) in [5, 5.41) is 3.89. The van der Waals surface area contributed by atoms with E-state index in [1.54, 1.807) is 0 Å². The highest BCUT2D eigenvalue weighted by molar-refractivity contribution is 4.79. The van der Waals surface area contributed by atoms with Gasteiger partial charge in [-0.25, -0.2) is 0 Å². The van der Waals surface area contributed by atoms with Gasteiger partial charge in [0.2, 0.25) is 0 Å². The minimum absolute atomic E-state index is 0.672. The molecule has 0 aliphatic heterocycles. The summed E-state index contributed by atoms with van der Waals surface area (Å²) in [5.74, 6) is 1.85. The molecular weight excluding hydrogens is 268 g/mol. The Bertz CT molecular complexity index is 269. The summed E-state index contributed by atoms with van der Waals surface area (Å²) >= 11 is 0. The van der Waals surface area contributed by atoms with E-state index in [2.05, 4.69) is 51.9 Å². The third-order valence-corrected chi connectivity index (χ3v) is 5.89. The fourth-order valence-electron chi connectivity index (χ4n) is 3.58. The molecule has 0 amide bonds. The monoisotopic (exact) mass is 310 g/mol. The van der Waals surface area contributed by atoms with Gasteiger partial charge >= 0.3 is 0 Å².